The summed E-state index contributed by atoms with van der Waals surface area (Å²) in [5.41, 5.74) is 0.635. The van der Waals surface area contributed by atoms with Crippen LogP contribution in [-0.2, 0) is 6.54 Å². The molecule has 0 unspecified atom stereocenters. The van der Waals surface area contributed by atoms with Gasteiger partial charge in [-0.25, -0.2) is 0 Å². The molecule has 0 saturated heterocycles. The number of rotatable bonds is 7. The fraction of sp³-hybridized carbons (Fsp3) is 0.750. The van der Waals surface area contributed by atoms with Crippen molar-refractivity contribution in [2.45, 2.75) is 44.9 Å². The molecule has 1 fully saturated rings. The summed E-state index contributed by atoms with van der Waals surface area (Å²) in [6.07, 6.45) is -0.293. The topological polar surface area (TPSA) is 41.3 Å². The molecular weight excluding hydrogens is 259 g/mol. The average Bonchev–Trinajstić information content (AvgIpc) is 3.05. The van der Waals surface area contributed by atoms with Gasteiger partial charge >= 0.3 is 6.18 Å². The van der Waals surface area contributed by atoms with Crippen LogP contribution in [0.15, 0.2) is 10.7 Å². The molecule has 0 radical (unpaired) electrons. The largest absolute Gasteiger partial charge is 0.432 e. The lowest BCUT2D eigenvalue weighted by atomic mass is 10.4. The first-order chi connectivity index (χ1) is 8.99. The molecule has 1 saturated carbocycles. The smallest absolute Gasteiger partial charge is 0.406 e. The van der Waals surface area contributed by atoms with E-state index in [1.54, 1.807) is 0 Å². The van der Waals surface area contributed by atoms with E-state index in [2.05, 4.69) is 10.3 Å². The summed E-state index contributed by atoms with van der Waals surface area (Å²) in [6.45, 7) is 2.40. The van der Waals surface area contributed by atoms with Gasteiger partial charge in [-0.2, -0.15) is 18.2 Å². The van der Waals surface area contributed by atoms with Crippen molar-refractivity contribution in [1.29, 1.82) is 0 Å². The zero-order valence-electron chi connectivity index (χ0n) is 10.8. The van der Waals surface area contributed by atoms with Gasteiger partial charge < -0.3 is 14.6 Å². The Hall–Kier alpha value is -1.24. The molecule has 0 atom stereocenters. The Kier molecular flexibility index (Phi) is 4.34. The van der Waals surface area contributed by atoms with E-state index in [1.807, 2.05) is 6.92 Å². The minimum absolute atomic E-state index is 0.0770. The van der Waals surface area contributed by atoms with Crippen molar-refractivity contribution < 1.29 is 17.6 Å². The van der Waals surface area contributed by atoms with Gasteiger partial charge in [0.1, 0.15) is 12.8 Å². The van der Waals surface area contributed by atoms with Crippen molar-refractivity contribution in [1.82, 2.24) is 10.3 Å². The van der Waals surface area contributed by atoms with Crippen LogP contribution in [0.4, 0.5) is 19.2 Å². The lowest BCUT2D eigenvalue weighted by Crippen LogP contribution is -2.36. The van der Waals surface area contributed by atoms with Crippen molar-refractivity contribution >= 4 is 6.01 Å². The van der Waals surface area contributed by atoms with Gasteiger partial charge in [0.25, 0.3) is 6.01 Å². The molecule has 0 spiro atoms. The maximum Gasteiger partial charge on any atom is 0.406 e. The molecule has 1 heterocycles. The number of anilines is 1. The highest BCUT2D eigenvalue weighted by Crippen LogP contribution is 2.33. The van der Waals surface area contributed by atoms with E-state index < -0.39 is 12.7 Å². The first kappa shape index (κ1) is 14.2. The number of alkyl halides is 3. The van der Waals surface area contributed by atoms with Crippen LogP contribution < -0.4 is 10.2 Å². The SMILES string of the molecule is CCCNCc1coc(N(CC(F)(F)F)C2CC2)n1. The van der Waals surface area contributed by atoms with E-state index in [9.17, 15) is 13.2 Å². The molecule has 0 amide bonds. The number of oxazole rings is 1. The minimum atomic E-state index is -4.24. The van der Waals surface area contributed by atoms with Gasteiger partial charge in [0, 0.05) is 12.6 Å². The van der Waals surface area contributed by atoms with Crippen LogP contribution in [0.2, 0.25) is 0 Å². The highest BCUT2D eigenvalue weighted by Gasteiger charge is 2.40. The van der Waals surface area contributed by atoms with Crippen molar-refractivity contribution in [3.63, 3.8) is 0 Å². The fourth-order valence-corrected chi connectivity index (χ4v) is 1.83. The fourth-order valence-electron chi connectivity index (χ4n) is 1.83. The Morgan fingerprint density at radius 2 is 2.21 bits per heavy atom. The van der Waals surface area contributed by atoms with Crippen LogP contribution in [-0.4, -0.2) is 30.3 Å². The second-order valence-electron chi connectivity index (χ2n) is 4.77. The van der Waals surface area contributed by atoms with Crippen LogP contribution in [0.5, 0.6) is 0 Å². The molecule has 1 aromatic rings. The van der Waals surface area contributed by atoms with Gasteiger partial charge in [-0.3, -0.25) is 0 Å². The van der Waals surface area contributed by atoms with Gasteiger partial charge in [0.05, 0.1) is 5.69 Å². The molecule has 0 aromatic carbocycles. The van der Waals surface area contributed by atoms with Gasteiger partial charge in [0.15, 0.2) is 0 Å². The molecule has 2 rings (SSSR count). The van der Waals surface area contributed by atoms with Crippen LogP contribution in [0.3, 0.4) is 0 Å². The lowest BCUT2D eigenvalue weighted by molar-refractivity contribution is -0.120. The van der Waals surface area contributed by atoms with Crippen LogP contribution in [0, 0.1) is 0 Å². The molecule has 1 N–H and O–H groups in total. The van der Waals surface area contributed by atoms with E-state index in [0.717, 1.165) is 25.8 Å². The summed E-state index contributed by atoms with van der Waals surface area (Å²) in [6, 6.07) is -0.00940. The summed E-state index contributed by atoms with van der Waals surface area (Å²) in [4.78, 5) is 5.34. The molecule has 108 valence electrons. The Labute approximate surface area is 110 Å². The maximum absolute atomic E-state index is 12.5. The summed E-state index contributed by atoms with van der Waals surface area (Å²) in [5, 5.41) is 3.13. The van der Waals surface area contributed by atoms with E-state index in [0.29, 0.717) is 12.2 Å². The van der Waals surface area contributed by atoms with E-state index in [4.69, 9.17) is 4.42 Å². The zero-order valence-corrected chi connectivity index (χ0v) is 10.8. The number of hydrogen-bond acceptors (Lipinski definition) is 4. The zero-order chi connectivity index (χ0) is 13.9. The number of aromatic nitrogens is 1. The summed E-state index contributed by atoms with van der Waals surface area (Å²) < 4.78 is 42.7. The molecule has 1 aromatic heterocycles. The maximum atomic E-state index is 12.5. The highest BCUT2D eigenvalue weighted by molar-refractivity contribution is 5.32. The molecule has 4 nitrogen and oxygen atoms in total. The second-order valence-corrected chi connectivity index (χ2v) is 4.77. The second kappa shape index (κ2) is 5.81. The van der Waals surface area contributed by atoms with Crippen LogP contribution in [0.25, 0.3) is 0 Å². The predicted molar refractivity (Wildman–Crippen MR) is 64.9 cm³/mol. The molecular formula is C12H18F3N3O. The van der Waals surface area contributed by atoms with Gasteiger partial charge in [-0.1, -0.05) is 6.92 Å². The van der Waals surface area contributed by atoms with Crippen molar-refractivity contribution in [3.05, 3.63) is 12.0 Å². The first-order valence-corrected chi connectivity index (χ1v) is 6.48. The number of nitrogens with one attached hydrogen (secondary N) is 1. The molecule has 1 aliphatic carbocycles. The monoisotopic (exact) mass is 277 g/mol. The quantitative estimate of drug-likeness (QED) is 0.778. The van der Waals surface area contributed by atoms with E-state index in [1.165, 1.54) is 11.2 Å². The van der Waals surface area contributed by atoms with Crippen LogP contribution >= 0.6 is 0 Å². The Morgan fingerprint density at radius 3 is 2.79 bits per heavy atom. The number of halogens is 3. The van der Waals surface area contributed by atoms with Crippen molar-refractivity contribution in [2.24, 2.45) is 0 Å². The van der Waals surface area contributed by atoms with Crippen molar-refractivity contribution in [3.8, 4) is 0 Å². The summed E-state index contributed by atoms with van der Waals surface area (Å²) in [7, 11) is 0. The third kappa shape index (κ3) is 4.41. The van der Waals surface area contributed by atoms with Crippen LogP contribution in [0.1, 0.15) is 31.9 Å². The molecule has 1 aliphatic rings. The van der Waals surface area contributed by atoms with E-state index in [-0.39, 0.29) is 12.1 Å². The molecule has 7 heteroatoms. The standard InChI is InChI=1S/C12H18F3N3O/c1-2-5-16-6-9-7-19-11(17-9)18(10-3-4-10)8-12(13,14)15/h7,10,16H,2-6,8H2,1H3. The Balaban J connectivity index is 1.97. The normalized spacial score (nSPS) is 15.8. The van der Waals surface area contributed by atoms with Gasteiger partial charge in [-0.15, -0.1) is 0 Å². The number of hydrogen-bond donors (Lipinski definition) is 1. The predicted octanol–water partition coefficient (Wildman–Crippen LogP) is 2.71. The number of nitrogens with zero attached hydrogens (tertiary/aromatic N) is 2. The molecule has 0 aliphatic heterocycles. The van der Waals surface area contributed by atoms with E-state index >= 15 is 0 Å². The third-order valence-corrected chi connectivity index (χ3v) is 2.86. The molecule has 19 heavy (non-hydrogen) atoms. The lowest BCUT2D eigenvalue weighted by Gasteiger charge is -2.21. The summed E-state index contributed by atoms with van der Waals surface area (Å²) in [5.74, 6) is 0. The minimum Gasteiger partial charge on any atom is -0.432 e. The first-order valence-electron chi connectivity index (χ1n) is 6.48. The average molecular weight is 277 g/mol. The molecule has 0 bridgehead atoms. The van der Waals surface area contributed by atoms with Gasteiger partial charge in [-0.05, 0) is 25.8 Å². The third-order valence-electron chi connectivity index (χ3n) is 2.86. The Bertz CT molecular complexity index is 401. The van der Waals surface area contributed by atoms with Gasteiger partial charge in [0.2, 0.25) is 0 Å². The summed E-state index contributed by atoms with van der Waals surface area (Å²) >= 11 is 0. The highest BCUT2D eigenvalue weighted by atomic mass is 19.4. The Morgan fingerprint density at radius 1 is 1.47 bits per heavy atom. The van der Waals surface area contributed by atoms with Crippen molar-refractivity contribution in [2.75, 3.05) is 18.0 Å².